The van der Waals surface area contributed by atoms with Gasteiger partial charge in [0.25, 0.3) is 0 Å². The lowest BCUT2D eigenvalue weighted by atomic mass is 10.0. The van der Waals surface area contributed by atoms with E-state index in [1.807, 2.05) is 13.0 Å². The van der Waals surface area contributed by atoms with Crippen LogP contribution in [-0.4, -0.2) is 29.3 Å². The first-order valence-electron chi connectivity index (χ1n) is 6.41. The minimum Gasteiger partial charge on any atom is -0.394 e. The van der Waals surface area contributed by atoms with Gasteiger partial charge in [0, 0.05) is 17.8 Å². The molecule has 0 bridgehead atoms. The normalized spacial score (nSPS) is 19.9. The van der Waals surface area contributed by atoms with Crippen molar-refractivity contribution < 1.29 is 5.11 Å². The third kappa shape index (κ3) is 2.65. The van der Waals surface area contributed by atoms with Gasteiger partial charge in [-0.25, -0.2) is 0 Å². The fraction of sp³-hybridized carbons (Fsp3) is 0.500. The van der Waals surface area contributed by atoms with Gasteiger partial charge in [-0.15, -0.1) is 0 Å². The van der Waals surface area contributed by atoms with E-state index >= 15 is 0 Å². The van der Waals surface area contributed by atoms with E-state index in [9.17, 15) is 5.11 Å². The molecule has 0 saturated carbocycles. The zero-order chi connectivity index (χ0) is 13.1. The van der Waals surface area contributed by atoms with E-state index in [4.69, 9.17) is 18.0 Å². The van der Waals surface area contributed by atoms with Crippen molar-refractivity contribution in [2.24, 2.45) is 5.73 Å². The van der Waals surface area contributed by atoms with Gasteiger partial charge < -0.3 is 15.7 Å². The molecule has 1 aliphatic rings. The molecular formula is C14H20N2OS. The van der Waals surface area contributed by atoms with Crippen LogP contribution in [0, 0.1) is 6.92 Å². The molecule has 0 radical (unpaired) electrons. The number of aliphatic hydroxyl groups excluding tert-OH is 1. The average Bonchev–Trinajstić information content (AvgIpc) is 2.38. The Bertz CT molecular complexity index is 447. The summed E-state index contributed by atoms with van der Waals surface area (Å²) in [5, 5.41) is 9.45. The molecule has 0 spiro atoms. The molecule has 2 rings (SSSR count). The summed E-state index contributed by atoms with van der Waals surface area (Å²) in [5.41, 5.74) is 8.87. The summed E-state index contributed by atoms with van der Waals surface area (Å²) in [6, 6.07) is 6.39. The summed E-state index contributed by atoms with van der Waals surface area (Å²) >= 11 is 5.02. The molecule has 1 heterocycles. The van der Waals surface area contributed by atoms with Crippen molar-refractivity contribution >= 4 is 22.9 Å². The predicted octanol–water partition coefficient (Wildman–Crippen LogP) is 1.98. The van der Waals surface area contributed by atoms with E-state index in [0.717, 1.165) is 29.8 Å². The average molecular weight is 264 g/mol. The topological polar surface area (TPSA) is 49.5 Å². The monoisotopic (exact) mass is 264 g/mol. The molecule has 3 nitrogen and oxygen atoms in total. The highest BCUT2D eigenvalue weighted by molar-refractivity contribution is 7.80. The van der Waals surface area contributed by atoms with Crippen molar-refractivity contribution in [2.75, 3.05) is 18.1 Å². The van der Waals surface area contributed by atoms with E-state index in [1.165, 1.54) is 12.8 Å². The maximum atomic E-state index is 9.45. The Balaban J connectivity index is 2.27. The van der Waals surface area contributed by atoms with Gasteiger partial charge in [0.1, 0.15) is 4.99 Å². The van der Waals surface area contributed by atoms with Gasteiger partial charge in [-0.2, -0.15) is 0 Å². The van der Waals surface area contributed by atoms with Crippen LogP contribution in [0.5, 0.6) is 0 Å². The quantitative estimate of drug-likeness (QED) is 0.820. The van der Waals surface area contributed by atoms with E-state index in [0.29, 0.717) is 4.99 Å². The lowest BCUT2D eigenvalue weighted by molar-refractivity contribution is 0.240. The minimum absolute atomic E-state index is 0.218. The standard InChI is InChI=1S/C14H20N2OS/c1-10-8-11(5-6-13(10)14(15)18)16-7-3-2-4-12(16)9-17/h5-6,8,12,17H,2-4,7,9H2,1H3,(H2,15,18). The van der Waals surface area contributed by atoms with Gasteiger partial charge in [-0.3, -0.25) is 0 Å². The van der Waals surface area contributed by atoms with Crippen LogP contribution in [0.1, 0.15) is 30.4 Å². The minimum atomic E-state index is 0.218. The second-order valence-electron chi connectivity index (χ2n) is 4.89. The number of thiocarbonyl (C=S) groups is 1. The van der Waals surface area contributed by atoms with Crippen LogP contribution < -0.4 is 10.6 Å². The van der Waals surface area contributed by atoms with Crippen LogP contribution >= 0.6 is 12.2 Å². The van der Waals surface area contributed by atoms with Gasteiger partial charge in [0.05, 0.1) is 12.6 Å². The number of piperidine rings is 1. The summed E-state index contributed by atoms with van der Waals surface area (Å²) in [7, 11) is 0. The van der Waals surface area contributed by atoms with E-state index in [-0.39, 0.29) is 12.6 Å². The summed E-state index contributed by atoms with van der Waals surface area (Å²) in [6.45, 7) is 3.25. The van der Waals surface area contributed by atoms with E-state index in [1.54, 1.807) is 0 Å². The Morgan fingerprint density at radius 2 is 2.28 bits per heavy atom. The summed E-state index contributed by atoms with van der Waals surface area (Å²) < 4.78 is 0. The largest absolute Gasteiger partial charge is 0.394 e. The van der Waals surface area contributed by atoms with Crippen molar-refractivity contribution in [1.82, 2.24) is 0 Å². The molecule has 1 unspecified atom stereocenters. The number of hydrogen-bond donors (Lipinski definition) is 2. The summed E-state index contributed by atoms with van der Waals surface area (Å²) in [4.78, 5) is 2.73. The molecule has 1 aromatic rings. The lowest BCUT2D eigenvalue weighted by Gasteiger charge is -2.36. The van der Waals surface area contributed by atoms with Crippen molar-refractivity contribution in [3.05, 3.63) is 29.3 Å². The smallest absolute Gasteiger partial charge is 0.104 e. The Morgan fingerprint density at radius 1 is 1.50 bits per heavy atom. The third-order valence-corrected chi connectivity index (χ3v) is 3.86. The van der Waals surface area contributed by atoms with E-state index in [2.05, 4.69) is 17.0 Å². The summed E-state index contributed by atoms with van der Waals surface area (Å²) in [5.74, 6) is 0. The molecule has 1 fully saturated rings. The first-order valence-corrected chi connectivity index (χ1v) is 6.82. The third-order valence-electron chi connectivity index (χ3n) is 3.64. The fourth-order valence-corrected chi connectivity index (χ4v) is 2.86. The molecule has 0 aromatic heterocycles. The first kappa shape index (κ1) is 13.3. The van der Waals surface area contributed by atoms with Crippen molar-refractivity contribution in [3.8, 4) is 0 Å². The molecule has 1 saturated heterocycles. The molecule has 4 heteroatoms. The van der Waals surface area contributed by atoms with E-state index < -0.39 is 0 Å². The van der Waals surface area contributed by atoms with Crippen molar-refractivity contribution in [1.29, 1.82) is 0 Å². The summed E-state index contributed by atoms with van der Waals surface area (Å²) in [6.07, 6.45) is 3.45. The molecule has 1 atom stereocenters. The zero-order valence-corrected chi connectivity index (χ0v) is 11.5. The molecular weight excluding hydrogens is 244 g/mol. The van der Waals surface area contributed by atoms with Gasteiger partial charge >= 0.3 is 0 Å². The highest BCUT2D eigenvalue weighted by Gasteiger charge is 2.22. The molecule has 1 aromatic carbocycles. The number of aliphatic hydroxyl groups is 1. The highest BCUT2D eigenvalue weighted by atomic mass is 32.1. The molecule has 3 N–H and O–H groups in total. The van der Waals surface area contributed by atoms with Crippen LogP contribution in [0.3, 0.4) is 0 Å². The van der Waals surface area contributed by atoms with Gasteiger partial charge in [-0.05, 0) is 49.9 Å². The van der Waals surface area contributed by atoms with Gasteiger partial charge in [0.2, 0.25) is 0 Å². The van der Waals surface area contributed by atoms with Crippen LogP contribution in [-0.2, 0) is 0 Å². The zero-order valence-electron chi connectivity index (χ0n) is 10.7. The number of benzene rings is 1. The highest BCUT2D eigenvalue weighted by Crippen LogP contribution is 2.26. The molecule has 0 aliphatic carbocycles. The number of nitrogens with zero attached hydrogens (tertiary/aromatic N) is 1. The first-order chi connectivity index (χ1) is 8.63. The Morgan fingerprint density at radius 3 is 2.89 bits per heavy atom. The lowest BCUT2D eigenvalue weighted by Crippen LogP contribution is -2.42. The molecule has 98 valence electrons. The predicted molar refractivity (Wildman–Crippen MR) is 79.1 cm³/mol. The maximum Gasteiger partial charge on any atom is 0.104 e. The Hall–Kier alpha value is -1.13. The van der Waals surface area contributed by atoms with Crippen LogP contribution in [0.2, 0.25) is 0 Å². The maximum absolute atomic E-state index is 9.45. The van der Waals surface area contributed by atoms with Crippen molar-refractivity contribution in [3.63, 3.8) is 0 Å². The second kappa shape index (κ2) is 5.67. The number of hydrogen-bond acceptors (Lipinski definition) is 3. The second-order valence-corrected chi connectivity index (χ2v) is 5.33. The SMILES string of the molecule is Cc1cc(N2CCCCC2CO)ccc1C(N)=S. The van der Waals surface area contributed by atoms with Crippen LogP contribution in [0.25, 0.3) is 0 Å². The molecule has 18 heavy (non-hydrogen) atoms. The molecule has 1 aliphatic heterocycles. The van der Waals surface area contributed by atoms with Crippen LogP contribution in [0.4, 0.5) is 5.69 Å². The Labute approximate surface area is 114 Å². The van der Waals surface area contributed by atoms with Crippen molar-refractivity contribution in [2.45, 2.75) is 32.2 Å². The number of aryl methyl sites for hydroxylation is 1. The number of anilines is 1. The fourth-order valence-electron chi connectivity index (χ4n) is 2.63. The van der Waals surface area contributed by atoms with Gasteiger partial charge in [0.15, 0.2) is 0 Å². The van der Waals surface area contributed by atoms with Crippen LogP contribution in [0.15, 0.2) is 18.2 Å². The molecule has 0 amide bonds. The van der Waals surface area contributed by atoms with Gasteiger partial charge in [-0.1, -0.05) is 12.2 Å². The Kier molecular flexibility index (Phi) is 4.19. The number of nitrogens with two attached hydrogens (primary N) is 1. The number of rotatable bonds is 3.